The van der Waals surface area contributed by atoms with Crippen molar-refractivity contribution in [2.45, 2.75) is 44.2 Å². The summed E-state index contributed by atoms with van der Waals surface area (Å²) in [6.45, 7) is 7.00. The number of carbonyl (C=O) groups is 2. The molecule has 0 unspecified atom stereocenters. The van der Waals surface area contributed by atoms with Gasteiger partial charge < -0.3 is 24.3 Å². The molecule has 2 fully saturated rings. The number of aromatic nitrogens is 2. The first-order valence-electron chi connectivity index (χ1n) is 15.1. The summed E-state index contributed by atoms with van der Waals surface area (Å²) in [5.74, 6) is 0.290. The Kier molecular flexibility index (Phi) is 8.25. The Balaban J connectivity index is 1.39. The van der Waals surface area contributed by atoms with Crippen LogP contribution in [0.15, 0.2) is 55.1 Å². The van der Waals surface area contributed by atoms with E-state index in [1.807, 2.05) is 35.2 Å². The van der Waals surface area contributed by atoms with E-state index in [4.69, 9.17) is 14.7 Å². The minimum Gasteiger partial charge on any atom is -0.462 e. The zero-order valence-electron chi connectivity index (χ0n) is 24.6. The van der Waals surface area contributed by atoms with Crippen LogP contribution in [-0.2, 0) is 11.2 Å². The summed E-state index contributed by atoms with van der Waals surface area (Å²) < 4.78 is 6.22. The number of nitrogens with zero attached hydrogens (tertiary/aromatic N) is 7. The number of fused-ring (bicyclic) bond motifs is 2. The van der Waals surface area contributed by atoms with E-state index in [1.165, 1.54) is 6.08 Å². The zero-order valence-corrected chi connectivity index (χ0v) is 24.6. The minimum absolute atomic E-state index is 0.176. The van der Waals surface area contributed by atoms with Crippen molar-refractivity contribution in [1.82, 2.24) is 19.8 Å². The molecule has 6 rings (SSSR count). The second kappa shape index (κ2) is 12.4. The van der Waals surface area contributed by atoms with Gasteiger partial charge in [0.2, 0.25) is 5.91 Å². The third-order valence-electron chi connectivity index (χ3n) is 8.92. The molecule has 222 valence electrons. The lowest BCUT2D eigenvalue weighted by Gasteiger charge is -2.41. The van der Waals surface area contributed by atoms with Crippen LogP contribution < -0.4 is 14.5 Å². The van der Waals surface area contributed by atoms with Crippen LogP contribution in [0, 0.1) is 11.3 Å². The molecule has 2 saturated heterocycles. The highest BCUT2D eigenvalue weighted by Gasteiger charge is 2.35. The Morgan fingerprint density at radius 2 is 1.93 bits per heavy atom. The molecule has 1 aromatic heterocycles. The van der Waals surface area contributed by atoms with Crippen LogP contribution in [-0.4, -0.2) is 90.0 Å². The average molecular weight is 580 g/mol. The van der Waals surface area contributed by atoms with Crippen LogP contribution >= 0.6 is 0 Å². The molecule has 0 saturated carbocycles. The van der Waals surface area contributed by atoms with Crippen molar-refractivity contribution < 1.29 is 14.3 Å². The summed E-state index contributed by atoms with van der Waals surface area (Å²) in [5, 5.41) is 11.6. The molecule has 3 aliphatic heterocycles. The van der Waals surface area contributed by atoms with E-state index in [9.17, 15) is 14.9 Å². The number of likely N-dealkylation sites (tertiary alicyclic amines) is 1. The van der Waals surface area contributed by atoms with Crippen molar-refractivity contribution in [3.05, 3.63) is 66.4 Å². The molecule has 2 amide bonds. The van der Waals surface area contributed by atoms with E-state index in [2.05, 4.69) is 41.6 Å². The summed E-state index contributed by atoms with van der Waals surface area (Å²) >= 11 is 0. The minimum atomic E-state index is -0.319. The molecule has 3 aromatic rings. The molecular weight excluding hydrogens is 542 g/mol. The lowest BCUT2D eigenvalue weighted by Crippen LogP contribution is -2.55. The Hall–Kier alpha value is -4.49. The molecule has 10 nitrogen and oxygen atoms in total. The van der Waals surface area contributed by atoms with Gasteiger partial charge in [0.1, 0.15) is 18.1 Å². The molecule has 10 heteroatoms. The number of carbonyl (C=O) groups excluding carboxylic acids is 2. The van der Waals surface area contributed by atoms with Gasteiger partial charge in [-0.25, -0.2) is 0 Å². The molecule has 0 bridgehead atoms. The number of benzene rings is 2. The van der Waals surface area contributed by atoms with Crippen LogP contribution in [0.1, 0.15) is 41.7 Å². The third kappa shape index (κ3) is 5.65. The van der Waals surface area contributed by atoms with Gasteiger partial charge in [-0.05, 0) is 56.8 Å². The van der Waals surface area contributed by atoms with E-state index in [0.29, 0.717) is 50.7 Å². The Bertz CT molecular complexity index is 1580. The number of rotatable bonds is 7. The summed E-state index contributed by atoms with van der Waals surface area (Å²) in [5.41, 5.74) is 2.00. The fraction of sp³-hybridized carbons (Fsp3) is 0.424. The standard InChI is InChI=1S/C33H37N7O3/c1-3-29(41)39-20-19-38(21-24(39)15-16-34)31-27-13-8-18-40(28-14-6-10-23-9-4-5-12-26(23)28)32(42)30(27)35-33(36-31)43-22-25-11-7-17-37(25)2/h3-6,9-10,12,14,24-25H,1,7-8,11,13,15,17-22H2,2H3/t24-,25-/m0/s1. The molecular formula is C33H37N7O3. The molecule has 0 radical (unpaired) electrons. The molecule has 0 N–H and O–H groups in total. The zero-order chi connectivity index (χ0) is 29.9. The maximum atomic E-state index is 14.4. The fourth-order valence-corrected chi connectivity index (χ4v) is 6.60. The van der Waals surface area contributed by atoms with E-state index in [-0.39, 0.29) is 36.3 Å². The quantitative estimate of drug-likeness (QED) is 0.389. The molecule has 4 heterocycles. The monoisotopic (exact) mass is 579 g/mol. The Morgan fingerprint density at radius 3 is 2.72 bits per heavy atom. The molecule has 2 aromatic carbocycles. The van der Waals surface area contributed by atoms with Crippen molar-refractivity contribution in [3.8, 4) is 12.1 Å². The molecule has 0 spiro atoms. The fourth-order valence-electron chi connectivity index (χ4n) is 6.60. The molecule has 2 atom stereocenters. The van der Waals surface area contributed by atoms with Crippen LogP contribution in [0.25, 0.3) is 10.8 Å². The van der Waals surface area contributed by atoms with Crippen LogP contribution in [0.5, 0.6) is 6.01 Å². The maximum Gasteiger partial charge on any atom is 0.319 e. The number of nitriles is 1. The van der Waals surface area contributed by atoms with Gasteiger partial charge in [-0.1, -0.05) is 43.0 Å². The number of ether oxygens (including phenoxy) is 1. The molecule has 0 aliphatic carbocycles. The van der Waals surface area contributed by atoms with Gasteiger partial charge in [-0.15, -0.1) is 0 Å². The molecule has 3 aliphatic rings. The van der Waals surface area contributed by atoms with E-state index >= 15 is 0 Å². The number of amides is 2. The number of likely N-dealkylation sites (N-methyl/N-ethyl adjacent to an activating group) is 1. The van der Waals surface area contributed by atoms with Gasteiger partial charge in [0, 0.05) is 43.2 Å². The first-order valence-corrected chi connectivity index (χ1v) is 15.1. The summed E-state index contributed by atoms with van der Waals surface area (Å²) in [7, 11) is 2.09. The van der Waals surface area contributed by atoms with E-state index in [0.717, 1.165) is 47.8 Å². The number of hydrogen-bond donors (Lipinski definition) is 0. The van der Waals surface area contributed by atoms with Crippen LogP contribution in [0.3, 0.4) is 0 Å². The van der Waals surface area contributed by atoms with Gasteiger partial charge in [-0.3, -0.25) is 9.59 Å². The largest absolute Gasteiger partial charge is 0.462 e. The highest BCUT2D eigenvalue weighted by atomic mass is 16.5. The second-order valence-electron chi connectivity index (χ2n) is 11.5. The van der Waals surface area contributed by atoms with Crippen LogP contribution in [0.4, 0.5) is 11.5 Å². The van der Waals surface area contributed by atoms with E-state index < -0.39 is 0 Å². The van der Waals surface area contributed by atoms with Crippen molar-refractivity contribution in [2.75, 3.05) is 56.2 Å². The Labute approximate surface area is 252 Å². The predicted octanol–water partition coefficient (Wildman–Crippen LogP) is 3.81. The topological polar surface area (TPSA) is 106 Å². The van der Waals surface area contributed by atoms with Crippen molar-refractivity contribution in [3.63, 3.8) is 0 Å². The highest BCUT2D eigenvalue weighted by Crippen LogP contribution is 2.34. The normalized spacial score (nSPS) is 20.9. The first kappa shape index (κ1) is 28.6. The van der Waals surface area contributed by atoms with Gasteiger partial charge >= 0.3 is 6.01 Å². The number of hydrogen-bond acceptors (Lipinski definition) is 8. The predicted molar refractivity (Wildman–Crippen MR) is 165 cm³/mol. The number of anilines is 2. The lowest BCUT2D eigenvalue weighted by atomic mass is 10.1. The van der Waals surface area contributed by atoms with Gasteiger partial charge in [0.05, 0.1) is 24.2 Å². The van der Waals surface area contributed by atoms with Gasteiger partial charge in [0.25, 0.3) is 5.91 Å². The van der Waals surface area contributed by atoms with Crippen molar-refractivity contribution >= 4 is 34.1 Å². The second-order valence-corrected chi connectivity index (χ2v) is 11.5. The SMILES string of the molecule is C=CC(=O)N1CCN(c2nc(OC[C@@H]3CCCN3C)nc3c2CCCN(c2cccc4ccccc24)C3=O)C[C@@H]1CC#N. The number of piperazine rings is 1. The third-order valence-corrected chi connectivity index (χ3v) is 8.92. The van der Waals surface area contributed by atoms with Gasteiger partial charge in [-0.2, -0.15) is 15.2 Å². The van der Waals surface area contributed by atoms with Gasteiger partial charge in [0.15, 0.2) is 0 Å². The summed E-state index contributed by atoms with van der Waals surface area (Å²) in [4.78, 5) is 44.5. The lowest BCUT2D eigenvalue weighted by molar-refractivity contribution is -0.128. The maximum absolute atomic E-state index is 14.4. The Morgan fingerprint density at radius 1 is 1.09 bits per heavy atom. The first-order chi connectivity index (χ1) is 21.0. The summed E-state index contributed by atoms with van der Waals surface area (Å²) in [6.07, 6.45) is 5.00. The van der Waals surface area contributed by atoms with E-state index in [1.54, 1.807) is 4.90 Å². The van der Waals surface area contributed by atoms with Crippen LogP contribution in [0.2, 0.25) is 0 Å². The van der Waals surface area contributed by atoms with Crippen molar-refractivity contribution in [2.24, 2.45) is 0 Å². The van der Waals surface area contributed by atoms with Crippen molar-refractivity contribution in [1.29, 1.82) is 5.26 Å². The summed E-state index contributed by atoms with van der Waals surface area (Å²) in [6, 6.07) is 16.5. The average Bonchev–Trinajstić information content (AvgIpc) is 3.37. The smallest absolute Gasteiger partial charge is 0.319 e. The highest BCUT2D eigenvalue weighted by molar-refractivity contribution is 6.11. The molecule has 43 heavy (non-hydrogen) atoms.